The second-order valence-corrected chi connectivity index (χ2v) is 6.10. The number of likely N-dealkylation sites (N-methyl/N-ethyl adjacent to an activating group) is 1. The van der Waals surface area contributed by atoms with Gasteiger partial charge in [-0.2, -0.15) is 0 Å². The summed E-state index contributed by atoms with van der Waals surface area (Å²) in [7, 11) is 1.87. The highest BCUT2D eigenvalue weighted by molar-refractivity contribution is 6.30. The second kappa shape index (κ2) is 8.15. The van der Waals surface area contributed by atoms with E-state index in [2.05, 4.69) is 5.32 Å². The SMILES string of the molecule is CN(CC(=O)NCC(=O)N1CCCC1)Cc1ccc(Cl)cc1. The van der Waals surface area contributed by atoms with Crippen molar-refractivity contribution >= 4 is 23.4 Å². The van der Waals surface area contributed by atoms with E-state index in [0.717, 1.165) is 31.5 Å². The summed E-state index contributed by atoms with van der Waals surface area (Å²) in [4.78, 5) is 27.4. The van der Waals surface area contributed by atoms with Gasteiger partial charge >= 0.3 is 0 Å². The van der Waals surface area contributed by atoms with Gasteiger partial charge in [-0.15, -0.1) is 0 Å². The maximum absolute atomic E-state index is 11.9. The lowest BCUT2D eigenvalue weighted by Crippen LogP contribution is -2.42. The van der Waals surface area contributed by atoms with Gasteiger partial charge in [0.1, 0.15) is 0 Å². The number of hydrogen-bond acceptors (Lipinski definition) is 3. The standard InChI is InChI=1S/C16H22ClN3O2/c1-19(11-13-4-6-14(17)7-5-13)12-15(21)18-10-16(22)20-8-2-3-9-20/h4-7H,2-3,8-12H2,1H3,(H,18,21). The molecular formula is C16H22ClN3O2. The number of hydrogen-bond donors (Lipinski definition) is 1. The fraction of sp³-hybridized carbons (Fsp3) is 0.500. The van der Waals surface area contributed by atoms with E-state index in [9.17, 15) is 9.59 Å². The Balaban J connectivity index is 1.69. The van der Waals surface area contributed by atoms with Crippen molar-refractivity contribution in [3.05, 3.63) is 34.9 Å². The number of nitrogens with zero attached hydrogens (tertiary/aromatic N) is 2. The Morgan fingerprint density at radius 3 is 2.50 bits per heavy atom. The summed E-state index contributed by atoms with van der Waals surface area (Å²) in [5, 5.41) is 3.39. The van der Waals surface area contributed by atoms with Crippen LogP contribution in [0.5, 0.6) is 0 Å². The molecule has 0 aliphatic carbocycles. The van der Waals surface area contributed by atoms with Crippen LogP contribution in [0, 0.1) is 0 Å². The van der Waals surface area contributed by atoms with E-state index in [0.29, 0.717) is 11.6 Å². The zero-order valence-corrected chi connectivity index (χ0v) is 13.6. The zero-order valence-electron chi connectivity index (χ0n) is 12.8. The molecule has 22 heavy (non-hydrogen) atoms. The Morgan fingerprint density at radius 1 is 1.23 bits per heavy atom. The molecule has 6 heteroatoms. The third-order valence-electron chi connectivity index (χ3n) is 3.67. The molecule has 120 valence electrons. The average molecular weight is 324 g/mol. The molecule has 1 fully saturated rings. The molecule has 1 N–H and O–H groups in total. The van der Waals surface area contributed by atoms with Crippen LogP contribution < -0.4 is 5.32 Å². The maximum Gasteiger partial charge on any atom is 0.241 e. The number of benzene rings is 1. The van der Waals surface area contributed by atoms with Gasteiger partial charge in [-0.25, -0.2) is 0 Å². The lowest BCUT2D eigenvalue weighted by Gasteiger charge is -2.18. The van der Waals surface area contributed by atoms with Gasteiger partial charge in [-0.3, -0.25) is 14.5 Å². The Hall–Kier alpha value is -1.59. The van der Waals surface area contributed by atoms with Crippen molar-refractivity contribution in [1.82, 2.24) is 15.1 Å². The smallest absolute Gasteiger partial charge is 0.241 e. The molecule has 1 aliphatic rings. The van der Waals surface area contributed by atoms with Gasteiger partial charge in [0.2, 0.25) is 11.8 Å². The maximum atomic E-state index is 11.9. The average Bonchev–Trinajstić information content (AvgIpc) is 3.01. The second-order valence-electron chi connectivity index (χ2n) is 5.66. The predicted molar refractivity (Wildman–Crippen MR) is 86.6 cm³/mol. The summed E-state index contributed by atoms with van der Waals surface area (Å²) in [6, 6.07) is 7.54. The number of amides is 2. The highest BCUT2D eigenvalue weighted by atomic mass is 35.5. The zero-order chi connectivity index (χ0) is 15.9. The van der Waals surface area contributed by atoms with Crippen molar-refractivity contribution in [2.75, 3.05) is 33.2 Å². The summed E-state index contributed by atoms with van der Waals surface area (Å²) in [6.45, 7) is 2.63. The lowest BCUT2D eigenvalue weighted by molar-refractivity contribution is -0.132. The number of likely N-dealkylation sites (tertiary alicyclic amines) is 1. The van der Waals surface area contributed by atoms with Crippen molar-refractivity contribution in [3.8, 4) is 0 Å². The predicted octanol–water partition coefficient (Wildman–Crippen LogP) is 1.51. The largest absolute Gasteiger partial charge is 0.346 e. The molecule has 1 saturated heterocycles. The summed E-state index contributed by atoms with van der Waals surface area (Å²) in [6.07, 6.45) is 2.12. The minimum Gasteiger partial charge on any atom is -0.346 e. The highest BCUT2D eigenvalue weighted by Crippen LogP contribution is 2.10. The van der Waals surface area contributed by atoms with Crippen LogP contribution >= 0.6 is 11.6 Å². The lowest BCUT2D eigenvalue weighted by atomic mass is 10.2. The molecule has 1 aliphatic heterocycles. The van der Waals surface area contributed by atoms with Gasteiger partial charge in [0.15, 0.2) is 0 Å². The number of rotatable bonds is 6. The van der Waals surface area contributed by atoms with E-state index in [-0.39, 0.29) is 24.9 Å². The van der Waals surface area contributed by atoms with Crippen LogP contribution in [-0.4, -0.2) is 54.8 Å². The molecule has 1 aromatic carbocycles. The van der Waals surface area contributed by atoms with Gasteiger partial charge in [0.05, 0.1) is 13.1 Å². The Morgan fingerprint density at radius 2 is 1.86 bits per heavy atom. The molecule has 0 atom stereocenters. The van der Waals surface area contributed by atoms with Crippen molar-refractivity contribution in [1.29, 1.82) is 0 Å². The third-order valence-corrected chi connectivity index (χ3v) is 3.93. The first-order valence-electron chi connectivity index (χ1n) is 7.52. The highest BCUT2D eigenvalue weighted by Gasteiger charge is 2.18. The molecule has 0 spiro atoms. The minimum absolute atomic E-state index is 0.00574. The summed E-state index contributed by atoms with van der Waals surface area (Å²) >= 11 is 5.84. The number of carbonyl (C=O) groups excluding carboxylic acids is 2. The number of nitrogens with one attached hydrogen (secondary N) is 1. The molecule has 0 aromatic heterocycles. The third kappa shape index (κ3) is 5.31. The van der Waals surface area contributed by atoms with E-state index in [4.69, 9.17) is 11.6 Å². The first kappa shape index (κ1) is 16.8. The first-order valence-corrected chi connectivity index (χ1v) is 7.90. The number of carbonyl (C=O) groups is 2. The summed E-state index contributed by atoms with van der Waals surface area (Å²) in [5.74, 6) is -0.129. The van der Waals surface area contributed by atoms with Gasteiger partial charge < -0.3 is 10.2 Å². The molecule has 1 aromatic rings. The molecule has 0 radical (unpaired) electrons. The normalized spacial score (nSPS) is 14.4. The van der Waals surface area contributed by atoms with Gasteiger partial charge in [-0.1, -0.05) is 23.7 Å². The van der Waals surface area contributed by atoms with Gasteiger partial charge in [0, 0.05) is 24.7 Å². The van der Waals surface area contributed by atoms with Gasteiger partial charge in [-0.05, 0) is 37.6 Å². The van der Waals surface area contributed by atoms with Crippen molar-refractivity contribution in [2.24, 2.45) is 0 Å². The first-order chi connectivity index (χ1) is 10.5. The molecule has 0 saturated carbocycles. The minimum atomic E-state index is -0.135. The summed E-state index contributed by atoms with van der Waals surface area (Å²) in [5.41, 5.74) is 1.09. The Labute approximate surface area is 136 Å². The molecular weight excluding hydrogens is 302 g/mol. The van der Waals surface area contributed by atoms with E-state index >= 15 is 0 Å². The molecule has 2 rings (SSSR count). The summed E-state index contributed by atoms with van der Waals surface area (Å²) < 4.78 is 0. The molecule has 2 amide bonds. The van der Waals surface area contributed by atoms with Crippen LogP contribution in [0.15, 0.2) is 24.3 Å². The van der Waals surface area contributed by atoms with E-state index < -0.39 is 0 Å². The van der Waals surface area contributed by atoms with Crippen molar-refractivity contribution in [2.45, 2.75) is 19.4 Å². The van der Waals surface area contributed by atoms with Crippen molar-refractivity contribution in [3.63, 3.8) is 0 Å². The van der Waals surface area contributed by atoms with Crippen LogP contribution in [0.4, 0.5) is 0 Å². The molecule has 5 nitrogen and oxygen atoms in total. The molecule has 1 heterocycles. The van der Waals surface area contributed by atoms with Crippen LogP contribution in [-0.2, 0) is 16.1 Å². The molecule has 0 unspecified atom stereocenters. The monoisotopic (exact) mass is 323 g/mol. The quantitative estimate of drug-likeness (QED) is 0.863. The Kier molecular flexibility index (Phi) is 6.21. The number of halogens is 1. The fourth-order valence-corrected chi connectivity index (χ4v) is 2.64. The van der Waals surface area contributed by atoms with E-state index in [1.807, 2.05) is 36.2 Å². The van der Waals surface area contributed by atoms with Crippen molar-refractivity contribution < 1.29 is 9.59 Å². The van der Waals surface area contributed by atoms with Crippen LogP contribution in [0.2, 0.25) is 5.02 Å². The topological polar surface area (TPSA) is 52.7 Å². The van der Waals surface area contributed by atoms with Crippen LogP contribution in [0.1, 0.15) is 18.4 Å². The van der Waals surface area contributed by atoms with Gasteiger partial charge in [0.25, 0.3) is 0 Å². The van der Waals surface area contributed by atoms with Crippen LogP contribution in [0.3, 0.4) is 0 Å². The Bertz CT molecular complexity index is 513. The fourth-order valence-electron chi connectivity index (χ4n) is 2.51. The van der Waals surface area contributed by atoms with E-state index in [1.54, 1.807) is 4.90 Å². The molecule has 0 bridgehead atoms. The van der Waals surface area contributed by atoms with Crippen LogP contribution in [0.25, 0.3) is 0 Å². The van der Waals surface area contributed by atoms with E-state index in [1.165, 1.54) is 0 Å².